The molecule has 64 valence electrons. The minimum Gasteiger partial charge on any atom is -0.316 e. The summed E-state index contributed by atoms with van der Waals surface area (Å²) in [4.78, 5) is 0. The second-order valence-corrected chi connectivity index (χ2v) is 1.82. The van der Waals surface area contributed by atoms with Gasteiger partial charge in [-0.3, -0.25) is 4.68 Å². The molecule has 0 saturated carbocycles. The summed E-state index contributed by atoms with van der Waals surface area (Å²) in [6.45, 7) is 4.40. The molecule has 1 heterocycles. The van der Waals surface area contributed by atoms with Crippen LogP contribution in [-0.4, -0.2) is 15.0 Å². The van der Waals surface area contributed by atoms with Crippen LogP contribution in [-0.2, 0) is 13.6 Å². The van der Waals surface area contributed by atoms with Crippen LogP contribution < -0.4 is 5.48 Å². The molecule has 11 heavy (non-hydrogen) atoms. The lowest BCUT2D eigenvalue weighted by atomic mass is 10.4. The topological polar surface area (TPSA) is 50.1 Å². The fourth-order valence-corrected chi connectivity index (χ4v) is 0.638. The molecule has 4 nitrogen and oxygen atoms in total. The van der Waals surface area contributed by atoms with Gasteiger partial charge < -0.3 is 5.21 Å². The van der Waals surface area contributed by atoms with E-state index < -0.39 is 0 Å². The van der Waals surface area contributed by atoms with Crippen molar-refractivity contribution in [1.29, 1.82) is 0 Å². The van der Waals surface area contributed by atoms with E-state index in [9.17, 15) is 0 Å². The maximum absolute atomic E-state index is 8.23. The van der Waals surface area contributed by atoms with Gasteiger partial charge in [-0.2, -0.15) is 10.6 Å². The standard InChI is InChI=1S/C5H9N3O.C2H6/c1-8-3-2-5(7-8)4-6-9;1-2/h2-3,6,9H,4H2,1H3;1-2H3. The zero-order valence-corrected chi connectivity index (χ0v) is 7.20. The van der Waals surface area contributed by atoms with Crippen LogP contribution in [0.15, 0.2) is 12.3 Å². The summed E-state index contributed by atoms with van der Waals surface area (Å²) in [5.41, 5.74) is 2.85. The Labute approximate surface area is 66.8 Å². The Morgan fingerprint density at radius 3 is 2.64 bits per heavy atom. The molecule has 0 amide bonds. The van der Waals surface area contributed by atoms with Crippen LogP contribution in [0.2, 0.25) is 0 Å². The van der Waals surface area contributed by atoms with Gasteiger partial charge in [0, 0.05) is 13.2 Å². The minimum atomic E-state index is 0.404. The molecule has 0 aromatic carbocycles. The van der Waals surface area contributed by atoms with E-state index in [1.807, 2.05) is 38.6 Å². The molecule has 0 bridgehead atoms. The van der Waals surface area contributed by atoms with Gasteiger partial charge in [0.2, 0.25) is 0 Å². The highest BCUT2D eigenvalue weighted by molar-refractivity contribution is 4.97. The first kappa shape index (κ1) is 10.1. The molecule has 0 aliphatic carbocycles. The number of rotatable bonds is 2. The van der Waals surface area contributed by atoms with Gasteiger partial charge >= 0.3 is 0 Å². The van der Waals surface area contributed by atoms with Gasteiger partial charge in [0.1, 0.15) is 0 Å². The first-order chi connectivity index (χ1) is 5.33. The molecule has 1 aromatic rings. The molecular formula is C7H15N3O. The van der Waals surface area contributed by atoms with Gasteiger partial charge in [0.25, 0.3) is 0 Å². The second kappa shape index (κ2) is 5.88. The zero-order valence-electron chi connectivity index (χ0n) is 7.20. The van der Waals surface area contributed by atoms with E-state index in [-0.39, 0.29) is 0 Å². The zero-order chi connectivity index (χ0) is 8.69. The molecule has 0 saturated heterocycles. The number of hydrogen-bond acceptors (Lipinski definition) is 3. The van der Waals surface area contributed by atoms with E-state index in [4.69, 9.17) is 5.21 Å². The van der Waals surface area contributed by atoms with E-state index in [1.165, 1.54) is 0 Å². The molecule has 0 atom stereocenters. The first-order valence-electron chi connectivity index (χ1n) is 3.68. The third-order valence-corrected chi connectivity index (χ3v) is 1.03. The lowest BCUT2D eigenvalue weighted by Gasteiger charge is -1.89. The molecule has 0 aliphatic heterocycles. The Bertz CT molecular complexity index is 186. The minimum absolute atomic E-state index is 0.404. The Kier molecular flexibility index (Phi) is 5.42. The Hall–Kier alpha value is -0.870. The van der Waals surface area contributed by atoms with Crippen molar-refractivity contribution in [1.82, 2.24) is 15.3 Å². The highest BCUT2D eigenvalue weighted by Crippen LogP contribution is 1.90. The third kappa shape index (κ3) is 3.75. The average molecular weight is 157 g/mol. The average Bonchev–Trinajstić information content (AvgIpc) is 2.41. The fraction of sp³-hybridized carbons (Fsp3) is 0.571. The van der Waals surface area contributed by atoms with E-state index in [1.54, 1.807) is 4.68 Å². The van der Waals surface area contributed by atoms with Crippen LogP contribution in [0.3, 0.4) is 0 Å². The van der Waals surface area contributed by atoms with Crippen LogP contribution >= 0.6 is 0 Å². The summed E-state index contributed by atoms with van der Waals surface area (Å²) in [7, 11) is 1.83. The van der Waals surface area contributed by atoms with Crippen LogP contribution in [0.5, 0.6) is 0 Å². The van der Waals surface area contributed by atoms with Crippen LogP contribution in [0.1, 0.15) is 19.5 Å². The van der Waals surface area contributed by atoms with Crippen molar-refractivity contribution in [2.24, 2.45) is 7.05 Å². The molecule has 1 rings (SSSR count). The van der Waals surface area contributed by atoms with Crippen LogP contribution in [0.4, 0.5) is 0 Å². The normalized spacial score (nSPS) is 8.73. The highest BCUT2D eigenvalue weighted by Gasteiger charge is 1.91. The number of aromatic nitrogens is 2. The number of hydrogen-bond donors (Lipinski definition) is 2. The molecule has 2 N–H and O–H groups in total. The van der Waals surface area contributed by atoms with E-state index in [2.05, 4.69) is 5.10 Å². The first-order valence-corrected chi connectivity index (χ1v) is 3.68. The van der Waals surface area contributed by atoms with Crippen LogP contribution in [0, 0.1) is 0 Å². The van der Waals surface area contributed by atoms with Gasteiger partial charge in [-0.15, -0.1) is 0 Å². The predicted octanol–water partition coefficient (Wildman–Crippen LogP) is 0.925. The fourth-order valence-electron chi connectivity index (χ4n) is 0.638. The maximum atomic E-state index is 8.23. The SMILES string of the molecule is CC.Cn1ccc(CNO)n1. The molecule has 0 unspecified atom stereocenters. The summed E-state index contributed by atoms with van der Waals surface area (Å²) >= 11 is 0. The number of nitrogens with one attached hydrogen (secondary N) is 1. The maximum Gasteiger partial charge on any atom is 0.0786 e. The van der Waals surface area contributed by atoms with Gasteiger partial charge in [-0.25, -0.2) is 0 Å². The van der Waals surface area contributed by atoms with Crippen molar-refractivity contribution in [3.8, 4) is 0 Å². The summed E-state index contributed by atoms with van der Waals surface area (Å²) in [6.07, 6.45) is 1.83. The Balaban J connectivity index is 0.000000461. The van der Waals surface area contributed by atoms with Crippen molar-refractivity contribution in [3.63, 3.8) is 0 Å². The molecule has 0 radical (unpaired) electrons. The van der Waals surface area contributed by atoms with E-state index in [0.717, 1.165) is 5.69 Å². The highest BCUT2D eigenvalue weighted by atomic mass is 16.5. The summed E-state index contributed by atoms with van der Waals surface area (Å²) < 4.78 is 1.69. The molecular weight excluding hydrogens is 142 g/mol. The Morgan fingerprint density at radius 2 is 2.27 bits per heavy atom. The largest absolute Gasteiger partial charge is 0.316 e. The Morgan fingerprint density at radius 1 is 1.64 bits per heavy atom. The van der Waals surface area contributed by atoms with E-state index >= 15 is 0 Å². The lowest BCUT2D eigenvalue weighted by Crippen LogP contribution is -2.06. The van der Waals surface area contributed by atoms with Crippen molar-refractivity contribution in [3.05, 3.63) is 18.0 Å². The van der Waals surface area contributed by atoms with Crippen molar-refractivity contribution in [2.45, 2.75) is 20.4 Å². The molecule has 4 heteroatoms. The van der Waals surface area contributed by atoms with Gasteiger partial charge in [-0.05, 0) is 6.07 Å². The molecule has 0 aliphatic rings. The summed E-state index contributed by atoms with van der Waals surface area (Å²) in [6, 6.07) is 1.84. The predicted molar refractivity (Wildman–Crippen MR) is 43.2 cm³/mol. The van der Waals surface area contributed by atoms with Crippen molar-refractivity contribution < 1.29 is 5.21 Å². The smallest absolute Gasteiger partial charge is 0.0786 e. The quantitative estimate of drug-likeness (QED) is 0.628. The number of aryl methyl sites for hydroxylation is 1. The van der Waals surface area contributed by atoms with Crippen LogP contribution in [0.25, 0.3) is 0 Å². The molecule has 1 aromatic heterocycles. The number of nitrogens with zero attached hydrogens (tertiary/aromatic N) is 2. The second-order valence-electron chi connectivity index (χ2n) is 1.82. The van der Waals surface area contributed by atoms with Crippen molar-refractivity contribution >= 4 is 0 Å². The third-order valence-electron chi connectivity index (χ3n) is 1.03. The van der Waals surface area contributed by atoms with Gasteiger partial charge in [0.05, 0.1) is 12.2 Å². The monoisotopic (exact) mass is 157 g/mol. The number of hydroxylamine groups is 1. The van der Waals surface area contributed by atoms with Gasteiger partial charge in [0.15, 0.2) is 0 Å². The molecule has 0 fully saturated rings. The lowest BCUT2D eigenvalue weighted by molar-refractivity contribution is 0.160. The van der Waals surface area contributed by atoms with Gasteiger partial charge in [-0.1, -0.05) is 13.8 Å². The summed E-state index contributed by atoms with van der Waals surface area (Å²) in [5.74, 6) is 0. The van der Waals surface area contributed by atoms with E-state index in [0.29, 0.717) is 6.54 Å². The molecule has 0 spiro atoms. The summed E-state index contributed by atoms with van der Waals surface area (Å²) in [5, 5.41) is 12.2. The van der Waals surface area contributed by atoms with Crippen molar-refractivity contribution in [2.75, 3.05) is 0 Å².